The number of carbonyl (C=O) groups excluding carboxylic acids is 2. The SMILES string of the molecule is CC(=O)OC1COCC1OC(=O)C(C)Nc1cc(N)c(F)cc1Cl. The van der Waals surface area contributed by atoms with E-state index in [4.69, 9.17) is 31.5 Å². The Hall–Kier alpha value is -2.06. The summed E-state index contributed by atoms with van der Waals surface area (Å²) in [6, 6.07) is 1.56. The Morgan fingerprint density at radius 3 is 2.62 bits per heavy atom. The van der Waals surface area contributed by atoms with Gasteiger partial charge in [0.25, 0.3) is 0 Å². The van der Waals surface area contributed by atoms with Gasteiger partial charge in [0.1, 0.15) is 11.9 Å². The summed E-state index contributed by atoms with van der Waals surface area (Å²) in [6.07, 6.45) is -1.32. The van der Waals surface area contributed by atoms with Gasteiger partial charge >= 0.3 is 11.9 Å². The maximum Gasteiger partial charge on any atom is 0.328 e. The topological polar surface area (TPSA) is 99.9 Å². The minimum atomic E-state index is -0.786. The van der Waals surface area contributed by atoms with Crippen LogP contribution < -0.4 is 11.1 Å². The first-order valence-corrected chi connectivity index (χ1v) is 7.62. The van der Waals surface area contributed by atoms with Gasteiger partial charge in [-0.15, -0.1) is 0 Å². The molecular weight excluding hydrogens is 343 g/mol. The third kappa shape index (κ3) is 4.48. The van der Waals surface area contributed by atoms with Gasteiger partial charge in [-0.05, 0) is 19.1 Å². The van der Waals surface area contributed by atoms with Gasteiger partial charge in [-0.25, -0.2) is 9.18 Å². The Balaban J connectivity index is 1.97. The van der Waals surface area contributed by atoms with Crippen LogP contribution in [0.25, 0.3) is 0 Å². The van der Waals surface area contributed by atoms with E-state index < -0.39 is 36.0 Å². The number of ether oxygens (including phenoxy) is 3. The highest BCUT2D eigenvalue weighted by Gasteiger charge is 2.35. The molecule has 1 saturated heterocycles. The first-order chi connectivity index (χ1) is 11.3. The van der Waals surface area contributed by atoms with Gasteiger partial charge in [-0.2, -0.15) is 0 Å². The highest BCUT2D eigenvalue weighted by atomic mass is 35.5. The second-order valence-electron chi connectivity index (χ2n) is 5.38. The maximum atomic E-state index is 13.3. The molecular formula is C15H18ClFN2O5. The first kappa shape index (κ1) is 18.3. The molecule has 0 aromatic heterocycles. The van der Waals surface area contributed by atoms with Crippen LogP contribution in [0.2, 0.25) is 5.02 Å². The van der Waals surface area contributed by atoms with Crippen molar-refractivity contribution in [1.82, 2.24) is 0 Å². The Labute approximate surface area is 143 Å². The van der Waals surface area contributed by atoms with Crippen LogP contribution in [-0.2, 0) is 23.8 Å². The molecule has 3 atom stereocenters. The molecule has 2 rings (SSSR count). The number of nitrogen functional groups attached to an aromatic ring is 1. The van der Waals surface area contributed by atoms with Crippen molar-refractivity contribution in [3.05, 3.63) is 23.0 Å². The van der Waals surface area contributed by atoms with Gasteiger partial charge in [0.15, 0.2) is 12.2 Å². The summed E-state index contributed by atoms with van der Waals surface area (Å²) in [5, 5.41) is 2.89. The fourth-order valence-electron chi connectivity index (χ4n) is 2.17. The summed E-state index contributed by atoms with van der Waals surface area (Å²) in [4.78, 5) is 23.2. The highest BCUT2D eigenvalue weighted by Crippen LogP contribution is 2.27. The van der Waals surface area contributed by atoms with E-state index in [1.54, 1.807) is 6.92 Å². The van der Waals surface area contributed by atoms with Crippen molar-refractivity contribution in [3.8, 4) is 0 Å². The molecule has 1 fully saturated rings. The van der Waals surface area contributed by atoms with Crippen molar-refractivity contribution in [3.63, 3.8) is 0 Å². The largest absolute Gasteiger partial charge is 0.456 e. The fourth-order valence-corrected chi connectivity index (χ4v) is 2.37. The van der Waals surface area contributed by atoms with Crippen molar-refractivity contribution in [2.24, 2.45) is 0 Å². The molecule has 0 aliphatic carbocycles. The molecule has 24 heavy (non-hydrogen) atoms. The molecule has 0 saturated carbocycles. The van der Waals surface area contributed by atoms with Crippen molar-refractivity contribution in [2.75, 3.05) is 24.3 Å². The van der Waals surface area contributed by atoms with Crippen LogP contribution in [0.3, 0.4) is 0 Å². The third-order valence-corrected chi connectivity index (χ3v) is 3.69. The Morgan fingerprint density at radius 1 is 1.38 bits per heavy atom. The van der Waals surface area contributed by atoms with Crippen LogP contribution in [0.5, 0.6) is 0 Å². The molecule has 3 N–H and O–H groups in total. The molecule has 1 aliphatic rings. The van der Waals surface area contributed by atoms with Crippen molar-refractivity contribution in [2.45, 2.75) is 32.1 Å². The van der Waals surface area contributed by atoms with Gasteiger partial charge in [-0.3, -0.25) is 4.79 Å². The molecule has 0 radical (unpaired) electrons. The van der Waals surface area contributed by atoms with Crippen LogP contribution in [0, 0.1) is 5.82 Å². The van der Waals surface area contributed by atoms with Crippen LogP contribution >= 0.6 is 11.6 Å². The lowest BCUT2D eigenvalue weighted by atomic mass is 10.2. The average molecular weight is 361 g/mol. The Kier molecular flexibility index (Phi) is 5.84. The number of nitrogens with one attached hydrogen (secondary N) is 1. The first-order valence-electron chi connectivity index (χ1n) is 7.24. The second-order valence-corrected chi connectivity index (χ2v) is 5.79. The number of halogens is 2. The zero-order valence-electron chi connectivity index (χ0n) is 13.2. The molecule has 1 heterocycles. The van der Waals surface area contributed by atoms with E-state index in [1.165, 1.54) is 13.0 Å². The molecule has 1 aromatic carbocycles. The van der Waals surface area contributed by atoms with Gasteiger partial charge < -0.3 is 25.3 Å². The summed E-state index contributed by atoms with van der Waals surface area (Å²) >= 11 is 5.91. The zero-order chi connectivity index (χ0) is 17.9. The molecule has 0 amide bonds. The molecule has 1 aromatic rings. The minimum absolute atomic E-state index is 0.0864. The van der Waals surface area contributed by atoms with Crippen molar-refractivity contribution < 1.29 is 28.2 Å². The summed E-state index contributed by atoms with van der Waals surface area (Å²) < 4.78 is 28.8. The van der Waals surface area contributed by atoms with Crippen LogP contribution in [0.4, 0.5) is 15.8 Å². The lowest BCUT2D eigenvalue weighted by Crippen LogP contribution is -2.38. The summed E-state index contributed by atoms with van der Waals surface area (Å²) in [7, 11) is 0. The predicted molar refractivity (Wildman–Crippen MR) is 85.2 cm³/mol. The highest BCUT2D eigenvalue weighted by molar-refractivity contribution is 6.33. The van der Waals surface area contributed by atoms with E-state index in [0.29, 0.717) is 5.69 Å². The number of nitrogens with two attached hydrogens (primary N) is 1. The molecule has 7 nitrogen and oxygen atoms in total. The molecule has 3 unspecified atom stereocenters. The van der Waals surface area contributed by atoms with E-state index in [0.717, 1.165) is 6.07 Å². The molecule has 0 bridgehead atoms. The van der Waals surface area contributed by atoms with Crippen LogP contribution in [0.1, 0.15) is 13.8 Å². The van der Waals surface area contributed by atoms with E-state index in [9.17, 15) is 14.0 Å². The number of anilines is 2. The molecule has 9 heteroatoms. The number of hydrogen-bond acceptors (Lipinski definition) is 7. The van der Waals surface area contributed by atoms with Gasteiger partial charge in [0.2, 0.25) is 0 Å². The van der Waals surface area contributed by atoms with E-state index >= 15 is 0 Å². The summed E-state index contributed by atoms with van der Waals surface area (Å²) in [6.45, 7) is 3.12. The van der Waals surface area contributed by atoms with E-state index in [-0.39, 0.29) is 23.9 Å². The standard InChI is InChI=1S/C15H18ClFN2O5/c1-7(19-12-4-11(18)10(17)3-9(12)16)15(21)24-14-6-22-5-13(14)23-8(2)20/h3-4,7,13-14,19H,5-6,18H2,1-2H3. The van der Waals surface area contributed by atoms with Crippen molar-refractivity contribution >= 4 is 34.9 Å². The Bertz CT molecular complexity index is 643. The average Bonchev–Trinajstić information content (AvgIpc) is 2.90. The lowest BCUT2D eigenvalue weighted by molar-refractivity contribution is -0.162. The summed E-state index contributed by atoms with van der Waals surface area (Å²) in [5.74, 6) is -1.72. The lowest BCUT2D eigenvalue weighted by Gasteiger charge is -2.21. The number of carbonyl (C=O) groups is 2. The molecule has 0 spiro atoms. The summed E-state index contributed by atoms with van der Waals surface area (Å²) in [5.41, 5.74) is 5.69. The normalized spacial score (nSPS) is 21.2. The quantitative estimate of drug-likeness (QED) is 0.609. The third-order valence-electron chi connectivity index (χ3n) is 3.38. The van der Waals surface area contributed by atoms with E-state index in [1.807, 2.05) is 0 Å². The van der Waals surface area contributed by atoms with Gasteiger partial charge in [-0.1, -0.05) is 11.6 Å². The van der Waals surface area contributed by atoms with Crippen LogP contribution in [-0.4, -0.2) is 43.4 Å². The number of esters is 2. The smallest absolute Gasteiger partial charge is 0.328 e. The zero-order valence-corrected chi connectivity index (χ0v) is 13.9. The molecule has 1 aliphatic heterocycles. The fraction of sp³-hybridized carbons (Fsp3) is 0.467. The van der Waals surface area contributed by atoms with Crippen molar-refractivity contribution in [1.29, 1.82) is 0 Å². The Morgan fingerprint density at radius 2 is 2.00 bits per heavy atom. The minimum Gasteiger partial charge on any atom is -0.456 e. The number of rotatable bonds is 5. The number of benzene rings is 1. The van der Waals surface area contributed by atoms with Gasteiger partial charge in [0.05, 0.1) is 29.6 Å². The van der Waals surface area contributed by atoms with Crippen LogP contribution in [0.15, 0.2) is 12.1 Å². The van der Waals surface area contributed by atoms with E-state index in [2.05, 4.69) is 5.32 Å². The molecule has 132 valence electrons. The maximum absolute atomic E-state index is 13.3. The van der Waals surface area contributed by atoms with Gasteiger partial charge in [0, 0.05) is 6.92 Å². The second kappa shape index (κ2) is 7.67. The predicted octanol–water partition coefficient (Wildman–Crippen LogP) is 1.74. The monoisotopic (exact) mass is 360 g/mol. The number of hydrogen-bond donors (Lipinski definition) is 2.